The molecule has 0 amide bonds. The van der Waals surface area contributed by atoms with Gasteiger partial charge in [0.15, 0.2) is 0 Å². The summed E-state index contributed by atoms with van der Waals surface area (Å²) in [4.78, 5) is 23.5. The molecule has 6 nitrogen and oxygen atoms in total. The zero-order valence-electron chi connectivity index (χ0n) is 12.6. The summed E-state index contributed by atoms with van der Waals surface area (Å²) in [6, 6.07) is 5.31. The van der Waals surface area contributed by atoms with Gasteiger partial charge in [-0.1, -0.05) is 11.3 Å². The average molecular weight is 323 g/mol. The summed E-state index contributed by atoms with van der Waals surface area (Å²) in [7, 11) is 3.11. The van der Waals surface area contributed by atoms with Crippen LogP contribution in [0.25, 0.3) is 11.3 Å². The number of carbonyl (C=O) groups is 1. The smallest absolute Gasteiger partial charge is 0.307 e. The third-order valence-corrected chi connectivity index (χ3v) is 4.17. The summed E-state index contributed by atoms with van der Waals surface area (Å²) in [5, 5.41) is 8.86. The molecule has 0 fully saturated rings. The van der Waals surface area contributed by atoms with Gasteiger partial charge in [-0.2, -0.15) is 0 Å². The minimum atomic E-state index is -0.945. The van der Waals surface area contributed by atoms with Gasteiger partial charge in [-0.3, -0.25) is 14.2 Å². The van der Waals surface area contributed by atoms with E-state index in [1.54, 1.807) is 32.4 Å². The zero-order chi connectivity index (χ0) is 16.3. The van der Waals surface area contributed by atoms with Crippen molar-refractivity contribution in [3.05, 3.63) is 32.7 Å². The van der Waals surface area contributed by atoms with Crippen molar-refractivity contribution in [2.45, 2.75) is 19.9 Å². The molecule has 0 aliphatic heterocycles. The summed E-state index contributed by atoms with van der Waals surface area (Å²) in [5.74, 6) is 0.295. The van der Waals surface area contributed by atoms with Gasteiger partial charge >= 0.3 is 10.8 Å². The van der Waals surface area contributed by atoms with Crippen molar-refractivity contribution >= 4 is 17.3 Å². The first-order valence-corrected chi connectivity index (χ1v) is 7.44. The Morgan fingerprint density at radius 1 is 1.32 bits per heavy atom. The zero-order valence-corrected chi connectivity index (χ0v) is 13.4. The second-order valence-corrected chi connectivity index (χ2v) is 5.80. The van der Waals surface area contributed by atoms with Gasteiger partial charge in [0, 0.05) is 17.0 Å². The van der Waals surface area contributed by atoms with E-state index in [2.05, 4.69) is 0 Å². The second kappa shape index (κ2) is 6.65. The lowest BCUT2D eigenvalue weighted by atomic mass is 10.1. The van der Waals surface area contributed by atoms with Crippen molar-refractivity contribution < 1.29 is 19.4 Å². The summed E-state index contributed by atoms with van der Waals surface area (Å²) < 4.78 is 12.1. The Bertz CT molecular complexity index is 747. The number of ether oxygens (including phenoxy) is 2. The Balaban J connectivity index is 2.61. The number of methoxy groups -OCH3 is 2. The van der Waals surface area contributed by atoms with Crippen molar-refractivity contribution in [3.63, 3.8) is 0 Å². The molecule has 0 saturated carbocycles. The standard InChI is InChI=1S/C15H17NO5S/c1-9-14(16(15(19)22-9)7-6-13(17)18)11-8-10(20-2)4-5-12(11)21-3/h4-5,8H,6-7H2,1-3H3,(H,17,18). The van der Waals surface area contributed by atoms with Crippen molar-refractivity contribution in [3.8, 4) is 22.8 Å². The van der Waals surface area contributed by atoms with Crippen LogP contribution < -0.4 is 14.3 Å². The number of thiazole rings is 1. The molecule has 0 aliphatic rings. The number of benzene rings is 1. The summed E-state index contributed by atoms with van der Waals surface area (Å²) in [5.41, 5.74) is 1.38. The molecule has 0 saturated heterocycles. The van der Waals surface area contributed by atoms with Crippen LogP contribution in [0.5, 0.6) is 11.5 Å². The van der Waals surface area contributed by atoms with E-state index in [9.17, 15) is 9.59 Å². The highest BCUT2D eigenvalue weighted by Crippen LogP contribution is 2.36. The molecule has 0 aliphatic carbocycles. The number of aromatic nitrogens is 1. The molecule has 1 N–H and O–H groups in total. The number of aryl methyl sites for hydroxylation is 1. The maximum absolute atomic E-state index is 12.1. The quantitative estimate of drug-likeness (QED) is 0.883. The van der Waals surface area contributed by atoms with E-state index in [1.807, 2.05) is 6.92 Å². The minimum absolute atomic E-state index is 0.116. The lowest BCUT2D eigenvalue weighted by Crippen LogP contribution is -2.16. The number of hydrogen-bond acceptors (Lipinski definition) is 5. The first kappa shape index (κ1) is 16.1. The van der Waals surface area contributed by atoms with E-state index in [4.69, 9.17) is 14.6 Å². The molecule has 118 valence electrons. The molecule has 0 radical (unpaired) electrons. The van der Waals surface area contributed by atoms with Crippen LogP contribution in [0.4, 0.5) is 0 Å². The number of carboxylic acid groups (broad SMARTS) is 1. The van der Waals surface area contributed by atoms with Crippen LogP contribution in [0.15, 0.2) is 23.0 Å². The van der Waals surface area contributed by atoms with E-state index in [0.717, 1.165) is 16.2 Å². The first-order chi connectivity index (χ1) is 10.5. The molecule has 22 heavy (non-hydrogen) atoms. The Hall–Kier alpha value is -2.28. The second-order valence-electron chi connectivity index (χ2n) is 4.63. The van der Waals surface area contributed by atoms with Crippen LogP contribution in [-0.2, 0) is 11.3 Å². The third-order valence-electron chi connectivity index (χ3n) is 3.28. The number of aliphatic carboxylic acids is 1. The molecule has 7 heteroatoms. The van der Waals surface area contributed by atoms with Gasteiger partial charge in [0.2, 0.25) is 0 Å². The molecule has 2 rings (SSSR count). The molecule has 0 bridgehead atoms. The first-order valence-electron chi connectivity index (χ1n) is 6.62. The molecule has 2 aromatic rings. The topological polar surface area (TPSA) is 77.8 Å². The van der Waals surface area contributed by atoms with Crippen LogP contribution in [-0.4, -0.2) is 29.9 Å². The number of rotatable bonds is 6. The molecular formula is C15H17NO5S. The van der Waals surface area contributed by atoms with Crippen molar-refractivity contribution in [1.82, 2.24) is 4.57 Å². The maximum Gasteiger partial charge on any atom is 0.307 e. The highest BCUT2D eigenvalue weighted by molar-refractivity contribution is 7.09. The van der Waals surface area contributed by atoms with E-state index >= 15 is 0 Å². The number of carboxylic acids is 1. The largest absolute Gasteiger partial charge is 0.497 e. The Labute approximate surface area is 131 Å². The Kier molecular flexibility index (Phi) is 4.87. The normalized spacial score (nSPS) is 10.5. The third kappa shape index (κ3) is 3.14. The Morgan fingerprint density at radius 2 is 2.05 bits per heavy atom. The summed E-state index contributed by atoms with van der Waals surface area (Å²) >= 11 is 1.09. The van der Waals surface area contributed by atoms with Crippen LogP contribution in [0, 0.1) is 6.92 Å². The molecule has 0 atom stereocenters. The van der Waals surface area contributed by atoms with Gasteiger partial charge in [0.05, 0.1) is 26.3 Å². The van der Waals surface area contributed by atoms with E-state index < -0.39 is 5.97 Å². The van der Waals surface area contributed by atoms with Crippen molar-refractivity contribution in [2.75, 3.05) is 14.2 Å². The monoisotopic (exact) mass is 323 g/mol. The van der Waals surface area contributed by atoms with Gasteiger partial charge in [-0.25, -0.2) is 0 Å². The fourth-order valence-electron chi connectivity index (χ4n) is 2.26. The van der Waals surface area contributed by atoms with E-state index in [-0.39, 0.29) is 17.8 Å². The van der Waals surface area contributed by atoms with Crippen LogP contribution in [0.2, 0.25) is 0 Å². The predicted molar refractivity (Wildman–Crippen MR) is 84.1 cm³/mol. The van der Waals surface area contributed by atoms with Gasteiger partial charge in [-0.15, -0.1) is 0 Å². The van der Waals surface area contributed by atoms with Crippen LogP contribution >= 0.6 is 11.3 Å². The summed E-state index contributed by atoms with van der Waals surface area (Å²) in [6.07, 6.45) is -0.116. The molecule has 1 heterocycles. The van der Waals surface area contributed by atoms with Crippen molar-refractivity contribution in [1.29, 1.82) is 0 Å². The highest BCUT2D eigenvalue weighted by Gasteiger charge is 2.18. The Morgan fingerprint density at radius 3 is 2.64 bits per heavy atom. The predicted octanol–water partition coefficient (Wildman–Crippen LogP) is 2.38. The fraction of sp³-hybridized carbons (Fsp3) is 0.333. The molecular weight excluding hydrogens is 306 g/mol. The van der Waals surface area contributed by atoms with Gasteiger partial charge in [-0.05, 0) is 25.1 Å². The maximum atomic E-state index is 12.1. The molecule has 0 spiro atoms. The van der Waals surface area contributed by atoms with Gasteiger partial charge in [0.25, 0.3) is 0 Å². The molecule has 1 aromatic carbocycles. The molecule has 1 aromatic heterocycles. The van der Waals surface area contributed by atoms with Crippen LogP contribution in [0.3, 0.4) is 0 Å². The van der Waals surface area contributed by atoms with Crippen LogP contribution in [0.1, 0.15) is 11.3 Å². The summed E-state index contributed by atoms with van der Waals surface area (Å²) in [6.45, 7) is 1.95. The minimum Gasteiger partial charge on any atom is -0.497 e. The lowest BCUT2D eigenvalue weighted by molar-refractivity contribution is -0.137. The fourth-order valence-corrected chi connectivity index (χ4v) is 3.13. The lowest BCUT2D eigenvalue weighted by Gasteiger charge is -2.13. The SMILES string of the molecule is COc1ccc(OC)c(-c2c(C)sc(=O)n2CCC(=O)O)c1. The van der Waals surface area contributed by atoms with E-state index in [0.29, 0.717) is 22.8 Å². The average Bonchev–Trinajstić information content (AvgIpc) is 2.78. The van der Waals surface area contributed by atoms with E-state index in [1.165, 1.54) is 4.57 Å². The number of hydrogen-bond donors (Lipinski definition) is 1. The highest BCUT2D eigenvalue weighted by atomic mass is 32.1. The number of nitrogens with zero attached hydrogens (tertiary/aromatic N) is 1. The van der Waals surface area contributed by atoms with Gasteiger partial charge in [0.1, 0.15) is 11.5 Å². The van der Waals surface area contributed by atoms with Crippen molar-refractivity contribution in [2.24, 2.45) is 0 Å². The molecule has 0 unspecified atom stereocenters. The van der Waals surface area contributed by atoms with Gasteiger partial charge < -0.3 is 14.6 Å².